The summed E-state index contributed by atoms with van der Waals surface area (Å²) < 4.78 is 6.66. The van der Waals surface area contributed by atoms with Crippen molar-refractivity contribution >= 4 is 15.9 Å². The molecule has 1 rings (SSSR count). The molecule has 0 spiro atoms. The van der Waals surface area contributed by atoms with E-state index in [0.717, 1.165) is 22.2 Å². The SMILES string of the molecule is CCCOc1ccc(Br)cc1CCC(O)C(C)O. The fraction of sp³-hybridized carbons (Fsp3) is 0.571. The summed E-state index contributed by atoms with van der Waals surface area (Å²) in [7, 11) is 0. The summed E-state index contributed by atoms with van der Waals surface area (Å²) in [5.74, 6) is 0.859. The summed E-state index contributed by atoms with van der Waals surface area (Å²) >= 11 is 3.43. The van der Waals surface area contributed by atoms with Gasteiger partial charge in [0.05, 0.1) is 18.8 Å². The van der Waals surface area contributed by atoms with Gasteiger partial charge in [-0.1, -0.05) is 22.9 Å². The van der Waals surface area contributed by atoms with Crippen molar-refractivity contribution in [1.29, 1.82) is 0 Å². The number of hydrogen-bond acceptors (Lipinski definition) is 3. The zero-order valence-electron chi connectivity index (χ0n) is 10.9. The Bertz CT molecular complexity index is 366. The molecule has 0 bridgehead atoms. The summed E-state index contributed by atoms with van der Waals surface area (Å²) in [4.78, 5) is 0. The van der Waals surface area contributed by atoms with Gasteiger partial charge >= 0.3 is 0 Å². The van der Waals surface area contributed by atoms with Crippen molar-refractivity contribution in [3.8, 4) is 5.75 Å². The average Bonchev–Trinajstić information content (AvgIpc) is 2.34. The molecule has 1 aromatic rings. The number of ether oxygens (including phenoxy) is 1. The van der Waals surface area contributed by atoms with Gasteiger partial charge in [0.15, 0.2) is 0 Å². The molecule has 2 atom stereocenters. The topological polar surface area (TPSA) is 49.7 Å². The predicted octanol–water partition coefficient (Wildman–Crippen LogP) is 2.91. The molecule has 0 radical (unpaired) electrons. The third kappa shape index (κ3) is 4.96. The number of rotatable bonds is 7. The van der Waals surface area contributed by atoms with Crippen LogP contribution in [0.25, 0.3) is 0 Å². The number of aliphatic hydroxyl groups is 2. The molecule has 2 N–H and O–H groups in total. The molecule has 0 amide bonds. The fourth-order valence-electron chi connectivity index (χ4n) is 1.64. The van der Waals surface area contributed by atoms with Crippen LogP contribution < -0.4 is 4.74 Å². The van der Waals surface area contributed by atoms with Crippen molar-refractivity contribution in [2.75, 3.05) is 6.61 Å². The van der Waals surface area contributed by atoms with Crippen LogP contribution in [0.5, 0.6) is 5.75 Å². The lowest BCUT2D eigenvalue weighted by atomic mass is 10.0. The van der Waals surface area contributed by atoms with Crippen LogP contribution in [0.3, 0.4) is 0 Å². The average molecular weight is 317 g/mol. The molecule has 0 heterocycles. The van der Waals surface area contributed by atoms with Gasteiger partial charge in [-0.3, -0.25) is 0 Å². The highest BCUT2D eigenvalue weighted by Gasteiger charge is 2.12. The summed E-state index contributed by atoms with van der Waals surface area (Å²) in [5.41, 5.74) is 1.05. The maximum absolute atomic E-state index is 9.62. The lowest BCUT2D eigenvalue weighted by Gasteiger charge is -2.15. The van der Waals surface area contributed by atoms with Crippen LogP contribution in [0.1, 0.15) is 32.3 Å². The number of aryl methyl sites for hydroxylation is 1. The number of aliphatic hydroxyl groups excluding tert-OH is 2. The Balaban J connectivity index is 2.69. The Kier molecular flexibility index (Phi) is 6.68. The molecule has 2 unspecified atom stereocenters. The fourth-order valence-corrected chi connectivity index (χ4v) is 2.05. The van der Waals surface area contributed by atoms with E-state index < -0.39 is 12.2 Å². The van der Waals surface area contributed by atoms with Gasteiger partial charge < -0.3 is 14.9 Å². The second-order valence-electron chi connectivity index (χ2n) is 4.45. The van der Waals surface area contributed by atoms with Gasteiger partial charge in [0.1, 0.15) is 5.75 Å². The maximum Gasteiger partial charge on any atom is 0.122 e. The van der Waals surface area contributed by atoms with Crippen LogP contribution in [0.2, 0.25) is 0 Å². The second kappa shape index (κ2) is 7.77. The van der Waals surface area contributed by atoms with Crippen LogP contribution in [-0.2, 0) is 6.42 Å². The zero-order valence-corrected chi connectivity index (χ0v) is 12.5. The van der Waals surface area contributed by atoms with E-state index in [1.165, 1.54) is 0 Å². The normalized spacial score (nSPS) is 14.3. The van der Waals surface area contributed by atoms with Crippen LogP contribution in [-0.4, -0.2) is 29.0 Å². The van der Waals surface area contributed by atoms with Gasteiger partial charge in [0, 0.05) is 4.47 Å². The Morgan fingerprint density at radius 2 is 2.06 bits per heavy atom. The Morgan fingerprint density at radius 1 is 1.33 bits per heavy atom. The van der Waals surface area contributed by atoms with Crippen molar-refractivity contribution in [1.82, 2.24) is 0 Å². The Labute approximate surface area is 117 Å². The predicted molar refractivity (Wildman–Crippen MR) is 75.9 cm³/mol. The first-order valence-corrected chi connectivity index (χ1v) is 7.11. The van der Waals surface area contributed by atoms with Gasteiger partial charge in [-0.2, -0.15) is 0 Å². The van der Waals surface area contributed by atoms with E-state index in [4.69, 9.17) is 4.74 Å². The molecule has 1 aromatic carbocycles. The highest BCUT2D eigenvalue weighted by molar-refractivity contribution is 9.10. The second-order valence-corrected chi connectivity index (χ2v) is 5.36. The molecule has 0 fully saturated rings. The van der Waals surface area contributed by atoms with Crippen LogP contribution in [0, 0.1) is 0 Å². The lowest BCUT2D eigenvalue weighted by molar-refractivity contribution is 0.0264. The largest absolute Gasteiger partial charge is 0.493 e. The van der Waals surface area contributed by atoms with Gasteiger partial charge in [-0.05, 0) is 49.9 Å². The summed E-state index contributed by atoms with van der Waals surface area (Å²) in [6.07, 6.45) is 0.785. The molecule has 0 saturated carbocycles. The third-order valence-corrected chi connectivity index (χ3v) is 3.24. The summed E-state index contributed by atoms with van der Waals surface area (Å²) in [6, 6.07) is 5.88. The van der Waals surface area contributed by atoms with Gasteiger partial charge in [0.2, 0.25) is 0 Å². The highest BCUT2D eigenvalue weighted by atomic mass is 79.9. The Hall–Kier alpha value is -0.580. The number of benzene rings is 1. The summed E-state index contributed by atoms with van der Waals surface area (Å²) in [6.45, 7) is 4.35. The molecule has 0 saturated heterocycles. The van der Waals surface area contributed by atoms with Gasteiger partial charge in [-0.15, -0.1) is 0 Å². The zero-order chi connectivity index (χ0) is 13.5. The molecule has 0 aromatic heterocycles. The molecule has 102 valence electrons. The minimum atomic E-state index is -0.697. The van der Waals surface area contributed by atoms with Crippen molar-refractivity contribution in [2.24, 2.45) is 0 Å². The molecule has 18 heavy (non-hydrogen) atoms. The molecular weight excluding hydrogens is 296 g/mol. The van der Waals surface area contributed by atoms with Crippen LogP contribution in [0.15, 0.2) is 22.7 Å². The first-order chi connectivity index (χ1) is 8.54. The standard InChI is InChI=1S/C14H21BrO3/c1-3-8-18-14-7-5-12(15)9-11(14)4-6-13(17)10(2)16/h5,7,9-10,13,16-17H,3-4,6,8H2,1-2H3. The van der Waals surface area contributed by atoms with E-state index in [9.17, 15) is 10.2 Å². The molecular formula is C14H21BrO3. The van der Waals surface area contributed by atoms with Crippen molar-refractivity contribution < 1.29 is 14.9 Å². The van der Waals surface area contributed by atoms with E-state index in [1.54, 1.807) is 6.92 Å². The minimum absolute atomic E-state index is 0.524. The maximum atomic E-state index is 9.62. The molecule has 0 aliphatic heterocycles. The Morgan fingerprint density at radius 3 is 2.67 bits per heavy atom. The third-order valence-electron chi connectivity index (χ3n) is 2.75. The van der Waals surface area contributed by atoms with Crippen molar-refractivity contribution in [3.05, 3.63) is 28.2 Å². The van der Waals surface area contributed by atoms with Crippen molar-refractivity contribution in [2.45, 2.75) is 45.3 Å². The number of halogens is 1. The van der Waals surface area contributed by atoms with Gasteiger partial charge in [0.25, 0.3) is 0 Å². The quantitative estimate of drug-likeness (QED) is 0.813. The van der Waals surface area contributed by atoms with E-state index >= 15 is 0 Å². The van der Waals surface area contributed by atoms with Crippen molar-refractivity contribution in [3.63, 3.8) is 0 Å². The molecule has 0 aliphatic rings. The first kappa shape index (κ1) is 15.5. The number of hydrogen-bond donors (Lipinski definition) is 2. The lowest BCUT2D eigenvalue weighted by Crippen LogP contribution is -2.22. The van der Waals surface area contributed by atoms with E-state index in [0.29, 0.717) is 19.4 Å². The monoisotopic (exact) mass is 316 g/mol. The minimum Gasteiger partial charge on any atom is -0.493 e. The van der Waals surface area contributed by atoms with E-state index in [1.807, 2.05) is 18.2 Å². The van der Waals surface area contributed by atoms with Crippen LogP contribution >= 0.6 is 15.9 Å². The molecule has 4 heteroatoms. The highest BCUT2D eigenvalue weighted by Crippen LogP contribution is 2.25. The smallest absolute Gasteiger partial charge is 0.122 e. The molecule has 0 aliphatic carbocycles. The van der Waals surface area contributed by atoms with Crippen LogP contribution in [0.4, 0.5) is 0 Å². The van der Waals surface area contributed by atoms with E-state index in [-0.39, 0.29) is 0 Å². The van der Waals surface area contributed by atoms with Gasteiger partial charge in [-0.25, -0.2) is 0 Å². The first-order valence-electron chi connectivity index (χ1n) is 6.32. The van der Waals surface area contributed by atoms with E-state index in [2.05, 4.69) is 22.9 Å². The molecule has 3 nitrogen and oxygen atoms in total. The summed E-state index contributed by atoms with van der Waals surface area (Å²) in [5, 5.41) is 18.9.